The Hall–Kier alpha value is -1.59. The monoisotopic (exact) mass is 292 g/mol. The lowest BCUT2D eigenvalue weighted by Gasteiger charge is -2.27. The molecule has 9 nitrogen and oxygen atoms in total. The number of nitrogens with one attached hydrogen (secondary N) is 1. The normalized spacial score (nSPS) is 28.8. The number of hydrogen-bond acceptors (Lipinski definition) is 7. The molecule has 1 aliphatic heterocycles. The zero-order valence-electron chi connectivity index (χ0n) is 10.1. The standard InChI is InChI=1S/C10H13FN2O7/c11-4-1-13(9(19)12-7(4)18)8-5(16)6(17)10(2-14,3-15)20-8/h1,5-6,8,14-17H,2-3H2,(H,12,18,19)/t5-,6+,8-/m1/s1. The summed E-state index contributed by atoms with van der Waals surface area (Å²) < 4.78 is 18.8. The highest BCUT2D eigenvalue weighted by Gasteiger charge is 2.54. The fraction of sp³-hybridized carbons (Fsp3) is 0.600. The largest absolute Gasteiger partial charge is 0.393 e. The van der Waals surface area contributed by atoms with Crippen molar-refractivity contribution in [1.29, 1.82) is 0 Å². The molecule has 1 aromatic rings. The van der Waals surface area contributed by atoms with Crippen molar-refractivity contribution >= 4 is 0 Å². The third-order valence-corrected chi connectivity index (χ3v) is 3.24. The summed E-state index contributed by atoms with van der Waals surface area (Å²) in [5.74, 6) is -1.29. The predicted molar refractivity (Wildman–Crippen MR) is 60.3 cm³/mol. The summed E-state index contributed by atoms with van der Waals surface area (Å²) in [5.41, 5.74) is -4.20. The van der Waals surface area contributed by atoms with Gasteiger partial charge in [-0.2, -0.15) is 4.39 Å². The van der Waals surface area contributed by atoms with E-state index >= 15 is 0 Å². The smallest absolute Gasteiger partial charge is 0.330 e. The van der Waals surface area contributed by atoms with Crippen molar-refractivity contribution in [3.63, 3.8) is 0 Å². The van der Waals surface area contributed by atoms with Gasteiger partial charge >= 0.3 is 5.69 Å². The zero-order chi connectivity index (χ0) is 15.1. The highest BCUT2D eigenvalue weighted by Crippen LogP contribution is 2.35. The van der Waals surface area contributed by atoms with Crippen molar-refractivity contribution in [3.05, 3.63) is 32.9 Å². The number of aromatic nitrogens is 2. The molecule has 10 heteroatoms. The Morgan fingerprint density at radius 1 is 1.35 bits per heavy atom. The van der Waals surface area contributed by atoms with Crippen LogP contribution in [0.1, 0.15) is 6.23 Å². The second-order valence-corrected chi connectivity index (χ2v) is 4.47. The van der Waals surface area contributed by atoms with E-state index in [2.05, 4.69) is 0 Å². The molecule has 0 amide bonds. The molecule has 112 valence electrons. The first-order valence-electron chi connectivity index (χ1n) is 5.63. The number of hydrogen-bond donors (Lipinski definition) is 5. The van der Waals surface area contributed by atoms with E-state index < -0.39 is 54.3 Å². The zero-order valence-corrected chi connectivity index (χ0v) is 10.1. The summed E-state index contributed by atoms with van der Waals surface area (Å²) in [6.07, 6.45) is -4.48. The molecule has 0 radical (unpaired) electrons. The molecule has 0 unspecified atom stereocenters. The van der Waals surface area contributed by atoms with E-state index in [-0.39, 0.29) is 0 Å². The molecule has 1 fully saturated rings. The Morgan fingerprint density at radius 3 is 2.45 bits per heavy atom. The molecule has 1 saturated heterocycles. The summed E-state index contributed by atoms with van der Waals surface area (Å²) in [6, 6.07) is 0. The van der Waals surface area contributed by atoms with Gasteiger partial charge in [0, 0.05) is 0 Å². The van der Waals surface area contributed by atoms with Crippen LogP contribution in [0.15, 0.2) is 15.8 Å². The Bertz CT molecular complexity index is 608. The molecule has 1 aromatic heterocycles. The van der Waals surface area contributed by atoms with E-state index in [9.17, 15) is 24.2 Å². The van der Waals surface area contributed by atoms with Crippen LogP contribution in [0.5, 0.6) is 0 Å². The molecule has 0 spiro atoms. The van der Waals surface area contributed by atoms with Gasteiger partial charge in [-0.25, -0.2) is 4.79 Å². The first-order chi connectivity index (χ1) is 9.36. The predicted octanol–water partition coefficient (Wildman–Crippen LogP) is -3.35. The van der Waals surface area contributed by atoms with Crippen LogP contribution in [-0.2, 0) is 4.74 Å². The summed E-state index contributed by atoms with van der Waals surface area (Å²) in [7, 11) is 0. The third-order valence-electron chi connectivity index (χ3n) is 3.24. The lowest BCUT2D eigenvalue weighted by molar-refractivity contribution is -0.150. The first kappa shape index (κ1) is 14.8. The molecular weight excluding hydrogens is 279 g/mol. The molecule has 5 N–H and O–H groups in total. The lowest BCUT2D eigenvalue weighted by Crippen LogP contribution is -2.49. The van der Waals surface area contributed by atoms with Crippen LogP contribution < -0.4 is 11.2 Å². The molecule has 2 heterocycles. The SMILES string of the molecule is O=c1[nH]c(=O)n([C@@H]2OC(CO)(CO)[C@@H](O)[C@H]2O)cc1F. The van der Waals surface area contributed by atoms with Crippen molar-refractivity contribution < 1.29 is 29.6 Å². The van der Waals surface area contributed by atoms with Gasteiger partial charge in [0.2, 0.25) is 5.82 Å². The van der Waals surface area contributed by atoms with Gasteiger partial charge in [-0.15, -0.1) is 0 Å². The van der Waals surface area contributed by atoms with Crippen molar-refractivity contribution in [3.8, 4) is 0 Å². The van der Waals surface area contributed by atoms with Gasteiger partial charge in [0.15, 0.2) is 6.23 Å². The second kappa shape index (κ2) is 5.07. The van der Waals surface area contributed by atoms with Crippen LogP contribution in [0.4, 0.5) is 4.39 Å². The number of ether oxygens (including phenoxy) is 1. The van der Waals surface area contributed by atoms with Crippen molar-refractivity contribution in [2.24, 2.45) is 0 Å². The van der Waals surface area contributed by atoms with Crippen LogP contribution in [0, 0.1) is 5.82 Å². The van der Waals surface area contributed by atoms with Gasteiger partial charge < -0.3 is 25.2 Å². The lowest BCUT2D eigenvalue weighted by atomic mass is 9.97. The van der Waals surface area contributed by atoms with E-state index in [0.717, 1.165) is 0 Å². The van der Waals surface area contributed by atoms with Gasteiger partial charge in [0.25, 0.3) is 5.56 Å². The molecule has 20 heavy (non-hydrogen) atoms. The van der Waals surface area contributed by atoms with Crippen molar-refractivity contribution in [1.82, 2.24) is 9.55 Å². The number of aromatic amines is 1. The maximum atomic E-state index is 13.2. The minimum absolute atomic E-state index is 0.507. The highest BCUT2D eigenvalue weighted by atomic mass is 19.1. The van der Waals surface area contributed by atoms with Crippen LogP contribution in [-0.4, -0.2) is 61.0 Å². The molecule has 0 aliphatic carbocycles. The molecule has 3 atom stereocenters. The van der Waals surface area contributed by atoms with Gasteiger partial charge in [-0.05, 0) is 0 Å². The summed E-state index contributed by atoms with van der Waals surface area (Å²) in [6.45, 7) is -1.67. The Kier molecular flexibility index (Phi) is 3.75. The number of aliphatic hydroxyl groups excluding tert-OH is 4. The quantitative estimate of drug-likeness (QED) is 0.391. The Balaban J connectivity index is 2.47. The van der Waals surface area contributed by atoms with Gasteiger partial charge in [-0.1, -0.05) is 0 Å². The van der Waals surface area contributed by atoms with Crippen LogP contribution in [0.2, 0.25) is 0 Å². The van der Waals surface area contributed by atoms with E-state index in [1.807, 2.05) is 0 Å². The second-order valence-electron chi connectivity index (χ2n) is 4.47. The molecule has 0 bridgehead atoms. The van der Waals surface area contributed by atoms with E-state index in [1.165, 1.54) is 0 Å². The summed E-state index contributed by atoms with van der Waals surface area (Å²) >= 11 is 0. The van der Waals surface area contributed by atoms with Gasteiger partial charge in [0.05, 0.1) is 19.4 Å². The van der Waals surface area contributed by atoms with E-state index in [0.29, 0.717) is 10.8 Å². The minimum Gasteiger partial charge on any atom is -0.393 e. The van der Waals surface area contributed by atoms with Gasteiger partial charge in [-0.3, -0.25) is 14.3 Å². The molecule has 0 saturated carbocycles. The van der Waals surface area contributed by atoms with Crippen molar-refractivity contribution in [2.45, 2.75) is 24.0 Å². The molecule has 1 aliphatic rings. The van der Waals surface area contributed by atoms with E-state index in [1.54, 1.807) is 4.98 Å². The fourth-order valence-electron chi connectivity index (χ4n) is 2.03. The number of aliphatic hydroxyl groups is 4. The molecule has 0 aromatic carbocycles. The fourth-order valence-corrected chi connectivity index (χ4v) is 2.03. The Labute approximate surface area is 110 Å². The number of rotatable bonds is 3. The molecular formula is C10H13FN2O7. The third kappa shape index (κ3) is 2.07. The maximum Gasteiger partial charge on any atom is 0.330 e. The minimum atomic E-state index is -1.89. The average Bonchev–Trinajstić information content (AvgIpc) is 2.68. The first-order valence-corrected chi connectivity index (χ1v) is 5.63. The number of H-pyrrole nitrogens is 1. The van der Waals surface area contributed by atoms with E-state index in [4.69, 9.17) is 14.9 Å². The summed E-state index contributed by atoms with van der Waals surface area (Å²) in [4.78, 5) is 24.1. The topological polar surface area (TPSA) is 145 Å². The number of nitrogens with zero attached hydrogens (tertiary/aromatic N) is 1. The van der Waals surface area contributed by atoms with Crippen LogP contribution in [0.25, 0.3) is 0 Å². The number of halogens is 1. The van der Waals surface area contributed by atoms with Gasteiger partial charge in [0.1, 0.15) is 17.8 Å². The van der Waals surface area contributed by atoms with Crippen LogP contribution >= 0.6 is 0 Å². The summed E-state index contributed by atoms with van der Waals surface area (Å²) in [5, 5.41) is 37.9. The maximum absolute atomic E-state index is 13.2. The Morgan fingerprint density at radius 2 is 1.95 bits per heavy atom. The average molecular weight is 292 g/mol. The molecule has 2 rings (SSSR count). The van der Waals surface area contributed by atoms with Crippen molar-refractivity contribution in [2.75, 3.05) is 13.2 Å². The van der Waals surface area contributed by atoms with Crippen LogP contribution in [0.3, 0.4) is 0 Å². The highest BCUT2D eigenvalue weighted by molar-refractivity contribution is 5.02.